The van der Waals surface area contributed by atoms with Crippen LogP contribution in [-0.2, 0) is 15.6 Å². The van der Waals surface area contributed by atoms with E-state index in [0.717, 1.165) is 12.1 Å². The summed E-state index contributed by atoms with van der Waals surface area (Å²) in [6.07, 6.45) is 1.34. The van der Waals surface area contributed by atoms with Crippen molar-refractivity contribution in [3.05, 3.63) is 47.4 Å². The smallest absolute Gasteiger partial charge is 0.259 e. The lowest BCUT2D eigenvalue weighted by Gasteiger charge is -2.17. The summed E-state index contributed by atoms with van der Waals surface area (Å²) in [5.41, 5.74) is 0.517. The number of ether oxygens (including phenoxy) is 2. The molecule has 9 heteroatoms. The largest absolute Gasteiger partial charge is 0.495 e. The predicted molar refractivity (Wildman–Crippen MR) is 95.2 cm³/mol. The predicted octanol–water partition coefficient (Wildman–Crippen LogP) is 2.06. The van der Waals surface area contributed by atoms with Gasteiger partial charge in [0, 0.05) is 12.7 Å². The van der Waals surface area contributed by atoms with Gasteiger partial charge in [0.1, 0.15) is 28.6 Å². The van der Waals surface area contributed by atoms with Gasteiger partial charge in [0.15, 0.2) is 9.84 Å². The molecule has 0 bridgehead atoms. The second-order valence-corrected chi connectivity index (χ2v) is 7.94. The molecule has 1 aromatic carbocycles. The number of fused-ring (bicyclic) bond motifs is 1. The highest BCUT2D eigenvalue weighted by molar-refractivity contribution is 7.90. The quantitative estimate of drug-likeness (QED) is 0.772. The molecule has 0 aliphatic carbocycles. The van der Waals surface area contributed by atoms with Crippen molar-refractivity contribution in [1.82, 2.24) is 9.88 Å². The number of rotatable bonds is 5. The van der Waals surface area contributed by atoms with Crippen molar-refractivity contribution in [3.63, 3.8) is 0 Å². The van der Waals surface area contributed by atoms with Crippen LogP contribution >= 0.6 is 0 Å². The van der Waals surface area contributed by atoms with Gasteiger partial charge in [0.05, 0.1) is 19.4 Å². The fraction of sp³-hybridized carbons (Fsp3) is 0.333. The lowest BCUT2D eigenvalue weighted by atomic mass is 10.2. The summed E-state index contributed by atoms with van der Waals surface area (Å²) in [6, 6.07) is 4.76. The Hall–Kier alpha value is -2.68. The van der Waals surface area contributed by atoms with Crippen LogP contribution in [0.2, 0.25) is 0 Å². The summed E-state index contributed by atoms with van der Waals surface area (Å²) in [6.45, 7) is 3.10. The van der Waals surface area contributed by atoms with Gasteiger partial charge in [0.25, 0.3) is 5.91 Å². The van der Waals surface area contributed by atoms with Gasteiger partial charge in [0.2, 0.25) is 5.88 Å². The monoisotopic (exact) mass is 394 g/mol. The molecule has 1 aromatic heterocycles. The molecule has 2 heterocycles. The highest BCUT2D eigenvalue weighted by atomic mass is 32.2. The Morgan fingerprint density at radius 1 is 1.33 bits per heavy atom. The van der Waals surface area contributed by atoms with Gasteiger partial charge in [-0.3, -0.25) is 4.79 Å². The number of aromatic nitrogens is 1. The van der Waals surface area contributed by atoms with E-state index in [1.54, 1.807) is 4.90 Å². The average Bonchev–Trinajstić information content (AvgIpc) is 2.80. The summed E-state index contributed by atoms with van der Waals surface area (Å²) in [5, 5.41) is 0. The summed E-state index contributed by atoms with van der Waals surface area (Å²) in [4.78, 5) is 18.0. The van der Waals surface area contributed by atoms with Crippen LogP contribution in [0.5, 0.6) is 11.6 Å². The minimum Gasteiger partial charge on any atom is -0.495 e. The molecule has 0 unspecified atom stereocenters. The molecule has 1 aliphatic rings. The molecule has 0 atom stereocenters. The molecule has 144 valence electrons. The maximum absolute atomic E-state index is 13.6. The summed E-state index contributed by atoms with van der Waals surface area (Å²) >= 11 is 0. The van der Waals surface area contributed by atoms with Crippen LogP contribution in [0.15, 0.2) is 35.4 Å². The first-order valence-electron chi connectivity index (χ1n) is 8.33. The van der Waals surface area contributed by atoms with E-state index in [9.17, 15) is 17.6 Å². The van der Waals surface area contributed by atoms with Crippen LogP contribution in [-0.4, -0.2) is 51.0 Å². The molecule has 0 fully saturated rings. The van der Waals surface area contributed by atoms with Gasteiger partial charge in [-0.1, -0.05) is 0 Å². The van der Waals surface area contributed by atoms with Crippen molar-refractivity contribution < 1.29 is 27.1 Å². The molecule has 0 spiro atoms. The Balaban J connectivity index is 1.97. The van der Waals surface area contributed by atoms with E-state index in [1.165, 1.54) is 25.4 Å². The maximum atomic E-state index is 13.6. The van der Waals surface area contributed by atoms with Crippen LogP contribution in [0.1, 0.15) is 22.8 Å². The number of benzene rings is 1. The van der Waals surface area contributed by atoms with Crippen LogP contribution in [0.25, 0.3) is 0 Å². The highest BCUT2D eigenvalue weighted by Crippen LogP contribution is 2.29. The number of hydrogen-bond acceptors (Lipinski definition) is 6. The van der Waals surface area contributed by atoms with Crippen molar-refractivity contribution in [1.29, 1.82) is 0 Å². The molecule has 7 nitrogen and oxygen atoms in total. The van der Waals surface area contributed by atoms with Gasteiger partial charge >= 0.3 is 0 Å². The van der Waals surface area contributed by atoms with E-state index < -0.39 is 21.4 Å². The first-order valence-corrected chi connectivity index (χ1v) is 9.98. The number of halogens is 1. The van der Waals surface area contributed by atoms with E-state index in [2.05, 4.69) is 4.98 Å². The van der Waals surface area contributed by atoms with E-state index >= 15 is 0 Å². The number of sulfone groups is 1. The Labute approximate surface area is 156 Å². The van der Waals surface area contributed by atoms with Crippen molar-refractivity contribution in [2.45, 2.75) is 17.6 Å². The van der Waals surface area contributed by atoms with Crippen LogP contribution in [0.4, 0.5) is 4.39 Å². The standard InChI is InChI=1S/C18H19FN2O5S/c1-3-21-6-7-26-17-14(18(21)22)8-12(10-20-17)11-27(23,24)16-9-13(19)4-5-15(16)25-2/h4-5,8-10H,3,6-7,11H2,1-2H3. The first-order chi connectivity index (χ1) is 12.9. The number of likely N-dealkylation sites (N-methyl/N-ethyl adjacent to an activating group) is 1. The van der Waals surface area contributed by atoms with Crippen molar-refractivity contribution >= 4 is 15.7 Å². The van der Waals surface area contributed by atoms with Crippen LogP contribution in [0.3, 0.4) is 0 Å². The zero-order valence-corrected chi connectivity index (χ0v) is 15.8. The average molecular weight is 394 g/mol. The van der Waals surface area contributed by atoms with Crippen molar-refractivity contribution in [2.75, 3.05) is 26.8 Å². The topological polar surface area (TPSA) is 85.8 Å². The van der Waals surface area contributed by atoms with Crippen LogP contribution < -0.4 is 9.47 Å². The van der Waals surface area contributed by atoms with E-state index in [1.807, 2.05) is 6.92 Å². The summed E-state index contributed by atoms with van der Waals surface area (Å²) in [5.74, 6) is -1.17. The molecule has 27 heavy (non-hydrogen) atoms. The molecule has 1 aliphatic heterocycles. The number of hydrogen-bond donors (Lipinski definition) is 0. The fourth-order valence-electron chi connectivity index (χ4n) is 2.86. The molecule has 2 aromatic rings. The van der Waals surface area contributed by atoms with E-state index in [-0.39, 0.29) is 28.0 Å². The SMILES string of the molecule is CCN1CCOc2ncc(CS(=O)(=O)c3cc(F)ccc3OC)cc2C1=O. The second-order valence-electron chi connectivity index (χ2n) is 5.98. The summed E-state index contributed by atoms with van der Waals surface area (Å²) in [7, 11) is -2.61. The number of nitrogens with zero attached hydrogens (tertiary/aromatic N) is 2. The van der Waals surface area contributed by atoms with Gasteiger partial charge in [-0.15, -0.1) is 0 Å². The Bertz CT molecular complexity index is 978. The summed E-state index contributed by atoms with van der Waals surface area (Å²) < 4.78 is 49.6. The molecule has 1 amide bonds. The third-order valence-electron chi connectivity index (χ3n) is 4.22. The van der Waals surface area contributed by atoms with E-state index in [4.69, 9.17) is 9.47 Å². The van der Waals surface area contributed by atoms with Gasteiger partial charge in [-0.25, -0.2) is 17.8 Å². The number of carbonyl (C=O) groups is 1. The molecular formula is C18H19FN2O5S. The lowest BCUT2D eigenvalue weighted by molar-refractivity contribution is 0.0765. The molecular weight excluding hydrogens is 375 g/mol. The molecule has 0 saturated heterocycles. The normalized spacial score (nSPS) is 14.3. The Kier molecular flexibility index (Phi) is 5.31. The minimum atomic E-state index is -3.92. The number of carbonyl (C=O) groups excluding carboxylic acids is 1. The van der Waals surface area contributed by atoms with E-state index in [0.29, 0.717) is 25.3 Å². The Morgan fingerprint density at radius 3 is 2.81 bits per heavy atom. The zero-order valence-electron chi connectivity index (χ0n) is 14.9. The second kappa shape index (κ2) is 7.51. The maximum Gasteiger partial charge on any atom is 0.259 e. The molecule has 0 radical (unpaired) electrons. The third kappa shape index (κ3) is 3.87. The van der Waals surface area contributed by atoms with Crippen molar-refractivity contribution in [2.24, 2.45) is 0 Å². The van der Waals surface area contributed by atoms with Crippen LogP contribution in [0, 0.1) is 5.82 Å². The Morgan fingerprint density at radius 2 is 2.11 bits per heavy atom. The van der Waals surface area contributed by atoms with Crippen molar-refractivity contribution in [3.8, 4) is 11.6 Å². The number of pyridine rings is 1. The zero-order chi connectivity index (χ0) is 19.6. The van der Waals surface area contributed by atoms with Gasteiger partial charge in [-0.05, 0) is 36.8 Å². The third-order valence-corrected chi connectivity index (χ3v) is 5.93. The number of methoxy groups -OCH3 is 1. The number of amides is 1. The lowest BCUT2D eigenvalue weighted by Crippen LogP contribution is -2.32. The molecule has 0 N–H and O–H groups in total. The molecule has 3 rings (SSSR count). The first kappa shape index (κ1) is 19.1. The highest BCUT2D eigenvalue weighted by Gasteiger charge is 2.26. The molecule has 0 saturated carbocycles. The minimum absolute atomic E-state index is 0.0516. The fourth-order valence-corrected chi connectivity index (χ4v) is 4.36. The van der Waals surface area contributed by atoms with Gasteiger partial charge < -0.3 is 14.4 Å². The van der Waals surface area contributed by atoms with Gasteiger partial charge in [-0.2, -0.15) is 0 Å².